The predicted octanol–water partition coefficient (Wildman–Crippen LogP) is 3.68. The maximum absolute atomic E-state index is 6.10. The molecule has 0 spiro atoms. The lowest BCUT2D eigenvalue weighted by Crippen LogP contribution is -2.22. The van der Waals surface area contributed by atoms with Crippen LogP contribution in [0.1, 0.15) is 56.2 Å². The minimum absolute atomic E-state index is 0.298. The highest BCUT2D eigenvalue weighted by atomic mass is 32.1. The van der Waals surface area contributed by atoms with Crippen molar-refractivity contribution in [2.45, 2.75) is 64.8 Å². The summed E-state index contributed by atoms with van der Waals surface area (Å²) in [6.07, 6.45) is 8.73. The van der Waals surface area contributed by atoms with Gasteiger partial charge in [0.1, 0.15) is 0 Å². The van der Waals surface area contributed by atoms with Gasteiger partial charge in [-0.3, -0.25) is 0 Å². The lowest BCUT2D eigenvalue weighted by atomic mass is 10.1. The summed E-state index contributed by atoms with van der Waals surface area (Å²) in [7, 11) is 0. The van der Waals surface area contributed by atoms with Crippen LogP contribution in [0.2, 0.25) is 0 Å². The van der Waals surface area contributed by atoms with E-state index in [0.717, 1.165) is 18.5 Å². The van der Waals surface area contributed by atoms with E-state index in [4.69, 9.17) is 5.73 Å². The molecule has 0 bridgehead atoms. The zero-order chi connectivity index (χ0) is 11.8. The molecule has 2 N–H and O–H groups in total. The number of nitrogens with two attached hydrogens (primary N) is 1. The second kappa shape index (κ2) is 7.80. The Kier molecular flexibility index (Phi) is 6.65. The summed E-state index contributed by atoms with van der Waals surface area (Å²) in [5.74, 6) is 0. The lowest BCUT2D eigenvalue weighted by molar-refractivity contribution is 0.537. The third-order valence-electron chi connectivity index (χ3n) is 2.78. The Morgan fingerprint density at radius 2 is 2.06 bits per heavy atom. The molecule has 3 heteroatoms. The first-order valence-corrected chi connectivity index (χ1v) is 7.27. The quantitative estimate of drug-likeness (QED) is 0.704. The average Bonchev–Trinajstić information content (AvgIpc) is 2.63. The van der Waals surface area contributed by atoms with Crippen molar-refractivity contribution < 1.29 is 0 Å². The summed E-state index contributed by atoms with van der Waals surface area (Å²) >= 11 is 1.73. The van der Waals surface area contributed by atoms with Crippen molar-refractivity contribution in [2.75, 3.05) is 0 Å². The van der Waals surface area contributed by atoms with Gasteiger partial charge in [-0.15, -0.1) is 11.3 Å². The van der Waals surface area contributed by atoms with E-state index in [1.807, 2.05) is 6.92 Å². The van der Waals surface area contributed by atoms with Crippen LogP contribution in [0.15, 0.2) is 5.38 Å². The van der Waals surface area contributed by atoms with E-state index in [0.29, 0.717) is 6.04 Å². The molecule has 1 rings (SSSR count). The summed E-state index contributed by atoms with van der Waals surface area (Å²) in [5, 5.41) is 3.29. The molecule has 0 fully saturated rings. The minimum Gasteiger partial charge on any atom is -0.327 e. The molecule has 0 saturated heterocycles. The van der Waals surface area contributed by atoms with E-state index in [1.165, 1.54) is 37.1 Å². The highest BCUT2D eigenvalue weighted by molar-refractivity contribution is 7.09. The van der Waals surface area contributed by atoms with Gasteiger partial charge in [0.05, 0.1) is 5.01 Å². The fraction of sp³-hybridized carbons (Fsp3) is 0.769. The van der Waals surface area contributed by atoms with Gasteiger partial charge in [0.2, 0.25) is 0 Å². The Bertz CT molecular complexity index is 283. The number of aryl methyl sites for hydroxylation is 1. The molecule has 0 saturated carbocycles. The third-order valence-corrected chi connectivity index (χ3v) is 3.77. The molecular formula is C13H24N2S. The zero-order valence-electron chi connectivity index (χ0n) is 10.5. The Labute approximate surface area is 103 Å². The highest BCUT2D eigenvalue weighted by Gasteiger charge is 2.06. The van der Waals surface area contributed by atoms with Gasteiger partial charge < -0.3 is 5.73 Å². The number of nitrogens with zero attached hydrogens (tertiary/aromatic N) is 1. The molecule has 0 aliphatic carbocycles. The van der Waals surface area contributed by atoms with E-state index in [9.17, 15) is 0 Å². The molecule has 16 heavy (non-hydrogen) atoms. The zero-order valence-corrected chi connectivity index (χ0v) is 11.4. The monoisotopic (exact) mass is 240 g/mol. The number of unbranched alkanes of at least 4 members (excludes halogenated alkanes) is 4. The SMILES string of the molecule is CCCCCCCC(N)Cc1nc(C)cs1. The molecule has 0 amide bonds. The van der Waals surface area contributed by atoms with Crippen LogP contribution in [0.4, 0.5) is 0 Å². The van der Waals surface area contributed by atoms with Gasteiger partial charge >= 0.3 is 0 Å². The van der Waals surface area contributed by atoms with Gasteiger partial charge in [0.15, 0.2) is 0 Å². The standard InChI is InChI=1S/C13H24N2S/c1-3-4-5-6-7-8-12(14)9-13-15-11(2)10-16-13/h10,12H,3-9,14H2,1-2H3. The first-order chi connectivity index (χ1) is 7.72. The largest absolute Gasteiger partial charge is 0.327 e. The van der Waals surface area contributed by atoms with Gasteiger partial charge in [0.25, 0.3) is 0 Å². The van der Waals surface area contributed by atoms with Crippen LogP contribution in [-0.2, 0) is 6.42 Å². The van der Waals surface area contributed by atoms with E-state index in [2.05, 4.69) is 17.3 Å². The second-order valence-electron chi connectivity index (χ2n) is 4.55. The molecule has 0 radical (unpaired) electrons. The van der Waals surface area contributed by atoms with Gasteiger partial charge in [-0.2, -0.15) is 0 Å². The molecular weight excluding hydrogens is 216 g/mol. The molecule has 1 heterocycles. The maximum atomic E-state index is 6.10. The molecule has 1 aromatic heterocycles. The van der Waals surface area contributed by atoms with Gasteiger partial charge in [-0.25, -0.2) is 4.98 Å². The minimum atomic E-state index is 0.298. The second-order valence-corrected chi connectivity index (χ2v) is 5.49. The van der Waals surface area contributed by atoms with Crippen LogP contribution in [0, 0.1) is 6.92 Å². The smallest absolute Gasteiger partial charge is 0.0943 e. The fourth-order valence-corrected chi connectivity index (χ4v) is 2.70. The number of rotatable bonds is 8. The molecule has 1 atom stereocenters. The summed E-state index contributed by atoms with van der Waals surface area (Å²) in [6, 6.07) is 0.298. The maximum Gasteiger partial charge on any atom is 0.0943 e. The lowest BCUT2D eigenvalue weighted by Gasteiger charge is -2.09. The summed E-state index contributed by atoms with van der Waals surface area (Å²) in [4.78, 5) is 4.45. The molecule has 1 unspecified atom stereocenters. The van der Waals surface area contributed by atoms with Crippen molar-refractivity contribution in [3.63, 3.8) is 0 Å². The van der Waals surface area contributed by atoms with Crippen molar-refractivity contribution in [1.82, 2.24) is 4.98 Å². The summed E-state index contributed by atoms with van der Waals surface area (Å²) in [6.45, 7) is 4.28. The first-order valence-electron chi connectivity index (χ1n) is 6.39. The van der Waals surface area contributed by atoms with Crippen molar-refractivity contribution in [1.29, 1.82) is 0 Å². The molecule has 92 valence electrons. The third kappa shape index (κ3) is 5.61. The fourth-order valence-electron chi connectivity index (χ4n) is 1.83. The Morgan fingerprint density at radius 3 is 2.69 bits per heavy atom. The van der Waals surface area contributed by atoms with Crippen LogP contribution >= 0.6 is 11.3 Å². The Balaban J connectivity index is 2.09. The normalized spacial score (nSPS) is 12.9. The van der Waals surface area contributed by atoms with Crippen LogP contribution in [0.25, 0.3) is 0 Å². The molecule has 0 aliphatic rings. The van der Waals surface area contributed by atoms with Crippen LogP contribution in [0.5, 0.6) is 0 Å². The highest BCUT2D eigenvalue weighted by Crippen LogP contribution is 2.13. The number of hydrogen-bond donors (Lipinski definition) is 1. The molecule has 0 aliphatic heterocycles. The Morgan fingerprint density at radius 1 is 1.31 bits per heavy atom. The van der Waals surface area contributed by atoms with E-state index >= 15 is 0 Å². The summed E-state index contributed by atoms with van der Waals surface area (Å²) in [5.41, 5.74) is 7.22. The van der Waals surface area contributed by atoms with Crippen LogP contribution in [0.3, 0.4) is 0 Å². The van der Waals surface area contributed by atoms with Gasteiger partial charge in [0, 0.05) is 23.5 Å². The molecule has 2 nitrogen and oxygen atoms in total. The number of hydrogen-bond acceptors (Lipinski definition) is 3. The molecule has 1 aromatic rings. The molecule has 0 aromatic carbocycles. The van der Waals surface area contributed by atoms with Crippen molar-refractivity contribution >= 4 is 11.3 Å². The topological polar surface area (TPSA) is 38.9 Å². The number of thiazole rings is 1. The van der Waals surface area contributed by atoms with Gasteiger partial charge in [-0.05, 0) is 13.3 Å². The van der Waals surface area contributed by atoms with E-state index < -0.39 is 0 Å². The average molecular weight is 240 g/mol. The van der Waals surface area contributed by atoms with Crippen LogP contribution < -0.4 is 5.73 Å². The summed E-state index contributed by atoms with van der Waals surface area (Å²) < 4.78 is 0. The number of aromatic nitrogens is 1. The van der Waals surface area contributed by atoms with Crippen molar-refractivity contribution in [2.24, 2.45) is 5.73 Å². The first kappa shape index (κ1) is 13.7. The van der Waals surface area contributed by atoms with E-state index in [1.54, 1.807) is 11.3 Å². The van der Waals surface area contributed by atoms with Crippen LogP contribution in [-0.4, -0.2) is 11.0 Å². The van der Waals surface area contributed by atoms with Crippen molar-refractivity contribution in [3.8, 4) is 0 Å². The van der Waals surface area contributed by atoms with Gasteiger partial charge in [-0.1, -0.05) is 39.0 Å². The van der Waals surface area contributed by atoms with Crippen molar-refractivity contribution in [3.05, 3.63) is 16.1 Å². The Hall–Kier alpha value is -0.410. The predicted molar refractivity (Wildman–Crippen MR) is 71.9 cm³/mol. The van der Waals surface area contributed by atoms with E-state index in [-0.39, 0.29) is 0 Å².